The lowest BCUT2D eigenvalue weighted by Gasteiger charge is -2.27. The first-order valence-electron chi connectivity index (χ1n) is 12.0. The molecule has 5 nitrogen and oxygen atoms in total. The number of rotatable bonds is 7. The highest BCUT2D eigenvalue weighted by atomic mass is 32.2. The van der Waals surface area contributed by atoms with Crippen LogP contribution in [0.5, 0.6) is 0 Å². The third-order valence-corrected chi connectivity index (χ3v) is 7.99. The molecule has 0 unspecified atom stereocenters. The Labute approximate surface area is 217 Å². The Morgan fingerprint density at radius 3 is 2.16 bits per heavy atom. The molecule has 0 amide bonds. The molecule has 1 atom stereocenters. The minimum Gasteiger partial charge on any atom is -0.269 e. The number of nitrogens with zero attached hydrogens (tertiary/aromatic N) is 2. The fraction of sp³-hybridized carbons (Fsp3) is 0.133. The van der Waals surface area contributed by atoms with E-state index < -0.39 is 10.0 Å². The molecule has 188 valence electrons. The van der Waals surface area contributed by atoms with Crippen molar-refractivity contribution in [2.75, 3.05) is 11.7 Å². The molecular weight excluding hydrogens is 487 g/mol. The van der Waals surface area contributed by atoms with Gasteiger partial charge < -0.3 is 0 Å². The van der Waals surface area contributed by atoms with Crippen molar-refractivity contribution in [1.82, 2.24) is 4.31 Å². The molecule has 1 saturated heterocycles. The lowest BCUT2D eigenvalue weighted by molar-refractivity contribution is 0.162. The monoisotopic (exact) mass is 514 g/mol. The van der Waals surface area contributed by atoms with Crippen LogP contribution in [0.4, 0.5) is 10.1 Å². The third kappa shape index (κ3) is 5.43. The highest BCUT2D eigenvalue weighted by Gasteiger charge is 2.34. The maximum Gasteiger partial charge on any atom is 0.264 e. The van der Waals surface area contributed by atoms with E-state index in [4.69, 9.17) is 4.84 Å². The summed E-state index contributed by atoms with van der Waals surface area (Å²) in [6, 6.07) is 31.9. The van der Waals surface area contributed by atoms with Gasteiger partial charge in [-0.2, -0.15) is 0 Å². The maximum absolute atomic E-state index is 13.9. The van der Waals surface area contributed by atoms with Crippen molar-refractivity contribution in [1.29, 1.82) is 0 Å². The molecule has 1 fully saturated rings. The zero-order chi connectivity index (χ0) is 25.8. The van der Waals surface area contributed by atoms with Crippen LogP contribution in [0.3, 0.4) is 0 Å². The van der Waals surface area contributed by atoms with Gasteiger partial charge in [-0.05, 0) is 54.4 Å². The van der Waals surface area contributed by atoms with Gasteiger partial charge in [-0.1, -0.05) is 78.4 Å². The van der Waals surface area contributed by atoms with Gasteiger partial charge in [-0.25, -0.2) is 17.9 Å². The average Bonchev–Trinajstić information content (AvgIpc) is 3.34. The van der Waals surface area contributed by atoms with Crippen LogP contribution in [0.1, 0.15) is 22.7 Å². The molecule has 1 aliphatic heterocycles. The lowest BCUT2D eigenvalue weighted by atomic mass is 10.00. The van der Waals surface area contributed by atoms with Crippen molar-refractivity contribution < 1.29 is 17.6 Å². The van der Waals surface area contributed by atoms with Gasteiger partial charge >= 0.3 is 0 Å². The molecule has 0 N–H and O–H groups in total. The average molecular weight is 515 g/mol. The summed E-state index contributed by atoms with van der Waals surface area (Å²) in [5, 5.41) is 1.82. The van der Waals surface area contributed by atoms with Crippen molar-refractivity contribution in [3.8, 4) is 0 Å². The Balaban J connectivity index is 1.59. The molecule has 1 heterocycles. The summed E-state index contributed by atoms with van der Waals surface area (Å²) >= 11 is 0. The van der Waals surface area contributed by atoms with E-state index in [1.165, 1.54) is 16.4 Å². The number of hydrogen-bond donors (Lipinski definition) is 0. The predicted molar refractivity (Wildman–Crippen MR) is 142 cm³/mol. The lowest BCUT2D eigenvalue weighted by Crippen LogP contribution is -2.27. The molecule has 1 aliphatic rings. The number of para-hydroxylation sites is 1. The summed E-state index contributed by atoms with van der Waals surface area (Å²) in [5.41, 5.74) is 4.27. The number of hydroxylamine groups is 1. The van der Waals surface area contributed by atoms with Crippen molar-refractivity contribution in [3.05, 3.63) is 143 Å². The van der Waals surface area contributed by atoms with E-state index >= 15 is 0 Å². The van der Waals surface area contributed by atoms with Crippen LogP contribution < -0.4 is 5.06 Å². The minimum atomic E-state index is -3.91. The van der Waals surface area contributed by atoms with Gasteiger partial charge in [0.25, 0.3) is 10.0 Å². The van der Waals surface area contributed by atoms with E-state index in [0.29, 0.717) is 5.56 Å². The second kappa shape index (κ2) is 10.6. The van der Waals surface area contributed by atoms with Crippen LogP contribution in [0.2, 0.25) is 0 Å². The van der Waals surface area contributed by atoms with Gasteiger partial charge in [-0.3, -0.25) is 9.14 Å². The topological polar surface area (TPSA) is 49.9 Å². The SMILES string of the molecule is Cc1ccc(S(=O)(=O)N(/C=C2/CON(c3ccccc3)[C@H]2c2ccccc2)Cc2ccc(F)cc2)cc1. The van der Waals surface area contributed by atoms with Gasteiger partial charge in [0.1, 0.15) is 18.5 Å². The summed E-state index contributed by atoms with van der Waals surface area (Å²) in [7, 11) is -3.91. The number of aryl methyl sites for hydroxylation is 1. The second-order valence-electron chi connectivity index (χ2n) is 8.94. The van der Waals surface area contributed by atoms with Crippen LogP contribution in [0, 0.1) is 12.7 Å². The summed E-state index contributed by atoms with van der Waals surface area (Å²) < 4.78 is 42.6. The van der Waals surface area contributed by atoms with Crippen LogP contribution in [-0.2, 0) is 21.4 Å². The van der Waals surface area contributed by atoms with E-state index in [1.807, 2.05) is 72.7 Å². The largest absolute Gasteiger partial charge is 0.269 e. The first-order chi connectivity index (χ1) is 17.9. The quantitative estimate of drug-likeness (QED) is 0.286. The van der Waals surface area contributed by atoms with E-state index in [2.05, 4.69) is 0 Å². The van der Waals surface area contributed by atoms with Gasteiger partial charge in [-0.15, -0.1) is 0 Å². The molecule has 7 heteroatoms. The molecule has 0 radical (unpaired) electrons. The van der Waals surface area contributed by atoms with Crippen molar-refractivity contribution in [2.24, 2.45) is 0 Å². The first kappa shape index (κ1) is 24.7. The van der Waals surface area contributed by atoms with E-state index in [1.54, 1.807) is 42.6 Å². The van der Waals surface area contributed by atoms with E-state index in [9.17, 15) is 12.8 Å². The van der Waals surface area contributed by atoms with Crippen molar-refractivity contribution >= 4 is 15.7 Å². The van der Waals surface area contributed by atoms with Gasteiger partial charge in [0, 0.05) is 11.8 Å². The Kier molecular flexibility index (Phi) is 7.08. The van der Waals surface area contributed by atoms with E-state index in [0.717, 1.165) is 22.4 Å². The zero-order valence-electron chi connectivity index (χ0n) is 20.4. The van der Waals surface area contributed by atoms with Crippen molar-refractivity contribution in [2.45, 2.75) is 24.4 Å². The minimum absolute atomic E-state index is 0.0484. The van der Waals surface area contributed by atoms with Gasteiger partial charge in [0.2, 0.25) is 0 Å². The smallest absolute Gasteiger partial charge is 0.264 e. The Morgan fingerprint density at radius 1 is 0.892 bits per heavy atom. The number of hydrogen-bond acceptors (Lipinski definition) is 4. The number of halogens is 1. The third-order valence-electron chi connectivity index (χ3n) is 6.27. The standard InChI is InChI=1S/C30H27FN2O3S/c1-23-12-18-29(19-13-23)37(34,35)32(20-24-14-16-27(31)17-15-24)21-26-22-36-33(28-10-6-3-7-11-28)30(26)25-8-4-2-5-9-25/h2-19,21,30H,20,22H2,1H3/b26-21-/t30-/m0/s1. The molecule has 0 aromatic heterocycles. The van der Waals surface area contributed by atoms with Gasteiger partial charge in [0.15, 0.2) is 0 Å². The van der Waals surface area contributed by atoms with Crippen LogP contribution >= 0.6 is 0 Å². The number of anilines is 1. The molecule has 0 aliphatic carbocycles. The zero-order valence-corrected chi connectivity index (χ0v) is 21.2. The van der Waals surface area contributed by atoms with E-state index in [-0.39, 0.29) is 29.9 Å². The highest BCUT2D eigenvalue weighted by Crippen LogP contribution is 2.39. The molecule has 4 aromatic carbocycles. The first-order valence-corrected chi connectivity index (χ1v) is 13.4. The predicted octanol–water partition coefficient (Wildman–Crippen LogP) is 6.40. The fourth-order valence-corrected chi connectivity index (χ4v) is 5.68. The summed E-state index contributed by atoms with van der Waals surface area (Å²) in [6.07, 6.45) is 1.67. The second-order valence-corrected chi connectivity index (χ2v) is 10.8. The molecule has 5 rings (SSSR count). The van der Waals surface area contributed by atoms with Crippen LogP contribution in [-0.4, -0.2) is 19.3 Å². The molecule has 37 heavy (non-hydrogen) atoms. The summed E-state index contributed by atoms with van der Waals surface area (Å²) in [4.78, 5) is 6.30. The van der Waals surface area contributed by atoms with Crippen molar-refractivity contribution in [3.63, 3.8) is 0 Å². The number of sulfonamides is 1. The van der Waals surface area contributed by atoms with Gasteiger partial charge in [0.05, 0.1) is 17.1 Å². The molecule has 4 aromatic rings. The molecule has 0 spiro atoms. The maximum atomic E-state index is 13.9. The highest BCUT2D eigenvalue weighted by molar-refractivity contribution is 7.89. The van der Waals surface area contributed by atoms with Crippen LogP contribution in [0.15, 0.2) is 126 Å². The summed E-state index contributed by atoms with van der Waals surface area (Å²) in [5.74, 6) is -0.373. The fourth-order valence-electron chi connectivity index (χ4n) is 4.34. The Bertz CT molecular complexity index is 1470. The number of benzene rings is 4. The molecule has 0 bridgehead atoms. The Morgan fingerprint density at radius 2 is 1.51 bits per heavy atom. The molecular formula is C30H27FN2O3S. The van der Waals surface area contributed by atoms with Crippen LogP contribution in [0.25, 0.3) is 0 Å². The Hall–Kier alpha value is -3.94. The normalized spacial score (nSPS) is 16.8. The molecule has 0 saturated carbocycles. The summed E-state index contributed by atoms with van der Waals surface area (Å²) in [6.45, 7) is 2.18.